The molecular formula is C18H19ClFNO2. The van der Waals surface area contributed by atoms with E-state index in [0.29, 0.717) is 10.6 Å². The van der Waals surface area contributed by atoms with Crippen molar-refractivity contribution >= 4 is 17.5 Å². The number of amides is 1. The van der Waals surface area contributed by atoms with Crippen molar-refractivity contribution in [1.29, 1.82) is 0 Å². The molecule has 0 aliphatic carbocycles. The third-order valence-electron chi connectivity index (χ3n) is 3.84. The summed E-state index contributed by atoms with van der Waals surface area (Å²) in [5.41, 5.74) is 0.624. The van der Waals surface area contributed by atoms with Crippen LogP contribution >= 0.6 is 11.6 Å². The van der Waals surface area contributed by atoms with Gasteiger partial charge in [0.05, 0.1) is 11.5 Å². The third kappa shape index (κ3) is 4.30. The maximum Gasteiger partial charge on any atom is 0.230 e. The van der Waals surface area contributed by atoms with Gasteiger partial charge >= 0.3 is 0 Å². The van der Waals surface area contributed by atoms with Crippen LogP contribution in [0.1, 0.15) is 31.1 Å². The number of hydrogen-bond acceptors (Lipinski definition) is 2. The Hall–Kier alpha value is -1.91. The SMILES string of the molecule is CC(C)(C(=O)NCC(O)c1ccc(F)cc1)c1ccc(Cl)cc1. The summed E-state index contributed by atoms with van der Waals surface area (Å²) >= 11 is 5.86. The lowest BCUT2D eigenvalue weighted by Crippen LogP contribution is -2.41. The van der Waals surface area contributed by atoms with Gasteiger partial charge in [0.25, 0.3) is 0 Å². The van der Waals surface area contributed by atoms with Gasteiger partial charge in [-0.3, -0.25) is 4.79 Å². The zero-order chi connectivity index (χ0) is 17.0. The van der Waals surface area contributed by atoms with Gasteiger partial charge < -0.3 is 10.4 Å². The molecule has 2 aromatic rings. The van der Waals surface area contributed by atoms with E-state index in [-0.39, 0.29) is 18.3 Å². The Morgan fingerprint density at radius 3 is 2.30 bits per heavy atom. The number of aliphatic hydroxyl groups is 1. The quantitative estimate of drug-likeness (QED) is 0.877. The van der Waals surface area contributed by atoms with Gasteiger partial charge in [-0.05, 0) is 49.2 Å². The summed E-state index contributed by atoms with van der Waals surface area (Å²) in [5.74, 6) is -0.574. The minimum atomic E-state index is -0.888. The second kappa shape index (κ2) is 7.11. The monoisotopic (exact) mass is 335 g/mol. The van der Waals surface area contributed by atoms with Crippen LogP contribution in [0.15, 0.2) is 48.5 Å². The minimum absolute atomic E-state index is 0.0570. The highest BCUT2D eigenvalue weighted by molar-refractivity contribution is 6.30. The zero-order valence-corrected chi connectivity index (χ0v) is 13.8. The van der Waals surface area contributed by atoms with Crippen molar-refractivity contribution in [2.75, 3.05) is 6.54 Å². The van der Waals surface area contributed by atoms with Gasteiger partial charge in [-0.25, -0.2) is 4.39 Å². The van der Waals surface area contributed by atoms with Gasteiger partial charge in [0.2, 0.25) is 5.91 Å². The predicted molar refractivity (Wildman–Crippen MR) is 88.8 cm³/mol. The van der Waals surface area contributed by atoms with E-state index in [4.69, 9.17) is 11.6 Å². The van der Waals surface area contributed by atoms with Crippen LogP contribution in [-0.2, 0) is 10.2 Å². The predicted octanol–water partition coefficient (Wildman–Crippen LogP) is 3.61. The molecule has 0 saturated heterocycles. The molecule has 1 atom stereocenters. The van der Waals surface area contributed by atoms with Gasteiger partial charge in [-0.2, -0.15) is 0 Å². The van der Waals surface area contributed by atoms with Crippen molar-refractivity contribution in [3.05, 3.63) is 70.5 Å². The molecule has 0 radical (unpaired) electrons. The van der Waals surface area contributed by atoms with Gasteiger partial charge in [0.15, 0.2) is 0 Å². The fourth-order valence-electron chi connectivity index (χ4n) is 2.21. The summed E-state index contributed by atoms with van der Waals surface area (Å²) in [6.45, 7) is 3.66. The lowest BCUT2D eigenvalue weighted by Gasteiger charge is -2.25. The summed E-state index contributed by atoms with van der Waals surface area (Å²) in [5, 5.41) is 13.4. The Morgan fingerprint density at radius 1 is 1.17 bits per heavy atom. The second-order valence-corrected chi connectivity index (χ2v) is 6.35. The molecule has 0 aliphatic rings. The van der Waals surface area contributed by atoms with E-state index in [9.17, 15) is 14.3 Å². The Balaban J connectivity index is 2.00. The summed E-state index contributed by atoms with van der Waals surface area (Å²) in [7, 11) is 0. The first-order valence-corrected chi connectivity index (χ1v) is 7.66. The van der Waals surface area contributed by atoms with Crippen molar-refractivity contribution in [1.82, 2.24) is 5.32 Å². The molecule has 122 valence electrons. The number of hydrogen-bond donors (Lipinski definition) is 2. The first-order chi connectivity index (χ1) is 10.8. The van der Waals surface area contributed by atoms with Crippen molar-refractivity contribution in [2.24, 2.45) is 0 Å². The number of carbonyl (C=O) groups is 1. The molecule has 2 aromatic carbocycles. The van der Waals surface area contributed by atoms with Crippen molar-refractivity contribution in [2.45, 2.75) is 25.4 Å². The van der Waals surface area contributed by atoms with Crippen LogP contribution < -0.4 is 5.32 Å². The van der Waals surface area contributed by atoms with Crippen molar-refractivity contribution in [3.8, 4) is 0 Å². The van der Waals surface area contributed by atoms with E-state index in [1.165, 1.54) is 24.3 Å². The fraction of sp³-hybridized carbons (Fsp3) is 0.278. The number of halogens is 2. The molecule has 23 heavy (non-hydrogen) atoms. The largest absolute Gasteiger partial charge is 0.387 e. The summed E-state index contributed by atoms with van der Waals surface area (Å²) in [6.07, 6.45) is -0.888. The number of nitrogens with one attached hydrogen (secondary N) is 1. The van der Waals surface area contributed by atoms with Crippen molar-refractivity contribution in [3.63, 3.8) is 0 Å². The van der Waals surface area contributed by atoms with E-state index in [0.717, 1.165) is 5.56 Å². The van der Waals surface area contributed by atoms with Crippen LogP contribution in [0.5, 0.6) is 0 Å². The van der Waals surface area contributed by atoms with E-state index >= 15 is 0 Å². The summed E-state index contributed by atoms with van der Waals surface area (Å²) < 4.78 is 12.9. The first-order valence-electron chi connectivity index (χ1n) is 7.28. The number of rotatable bonds is 5. The molecule has 0 fully saturated rings. The average molecular weight is 336 g/mol. The van der Waals surface area contributed by atoms with E-state index < -0.39 is 11.5 Å². The topological polar surface area (TPSA) is 49.3 Å². The number of aliphatic hydroxyl groups excluding tert-OH is 1. The minimum Gasteiger partial charge on any atom is -0.387 e. The van der Waals surface area contributed by atoms with Crippen LogP contribution in [0.2, 0.25) is 5.02 Å². The van der Waals surface area contributed by atoms with Crippen LogP contribution in [0.3, 0.4) is 0 Å². The highest BCUT2D eigenvalue weighted by Gasteiger charge is 2.29. The molecule has 0 aromatic heterocycles. The molecule has 3 nitrogen and oxygen atoms in total. The molecule has 0 spiro atoms. The normalized spacial score (nSPS) is 12.7. The van der Waals surface area contributed by atoms with Gasteiger partial charge in [0.1, 0.15) is 5.82 Å². The standard InChI is InChI=1S/C18H19ClFNO2/c1-18(2,13-5-7-14(19)8-6-13)17(23)21-11-16(22)12-3-9-15(20)10-4-12/h3-10,16,22H,11H2,1-2H3,(H,21,23). The van der Waals surface area contributed by atoms with Crippen molar-refractivity contribution < 1.29 is 14.3 Å². The van der Waals surface area contributed by atoms with Gasteiger partial charge in [0, 0.05) is 11.6 Å². The Labute approximate surface area is 140 Å². The zero-order valence-electron chi connectivity index (χ0n) is 13.0. The molecule has 1 amide bonds. The number of carbonyl (C=O) groups excluding carboxylic acids is 1. The number of benzene rings is 2. The third-order valence-corrected chi connectivity index (χ3v) is 4.10. The fourth-order valence-corrected chi connectivity index (χ4v) is 2.34. The highest BCUT2D eigenvalue weighted by atomic mass is 35.5. The second-order valence-electron chi connectivity index (χ2n) is 5.91. The van der Waals surface area contributed by atoms with Crippen LogP contribution in [0.4, 0.5) is 4.39 Å². The van der Waals surface area contributed by atoms with Crippen LogP contribution in [0, 0.1) is 5.82 Å². The average Bonchev–Trinajstić information content (AvgIpc) is 2.53. The molecule has 0 saturated carbocycles. The van der Waals surface area contributed by atoms with Crippen LogP contribution in [-0.4, -0.2) is 17.6 Å². The van der Waals surface area contributed by atoms with Gasteiger partial charge in [-0.1, -0.05) is 35.9 Å². The van der Waals surface area contributed by atoms with E-state index in [1.807, 2.05) is 0 Å². The molecule has 1 unspecified atom stereocenters. The molecule has 2 N–H and O–H groups in total. The molecular weight excluding hydrogens is 317 g/mol. The van der Waals surface area contributed by atoms with Crippen LogP contribution in [0.25, 0.3) is 0 Å². The maximum absolute atomic E-state index is 12.9. The van der Waals surface area contributed by atoms with E-state index in [2.05, 4.69) is 5.32 Å². The highest BCUT2D eigenvalue weighted by Crippen LogP contribution is 2.25. The summed E-state index contributed by atoms with van der Waals surface area (Å²) in [4.78, 5) is 12.4. The molecule has 5 heteroatoms. The lowest BCUT2D eigenvalue weighted by molar-refractivity contribution is -0.126. The molecule has 0 aliphatic heterocycles. The Morgan fingerprint density at radius 2 is 1.74 bits per heavy atom. The molecule has 0 heterocycles. The smallest absolute Gasteiger partial charge is 0.230 e. The summed E-state index contributed by atoms with van der Waals surface area (Å²) in [6, 6.07) is 12.6. The lowest BCUT2D eigenvalue weighted by atomic mass is 9.83. The maximum atomic E-state index is 12.9. The molecule has 2 rings (SSSR count). The van der Waals surface area contributed by atoms with Gasteiger partial charge in [-0.15, -0.1) is 0 Å². The first kappa shape index (κ1) is 17.4. The van der Waals surface area contributed by atoms with E-state index in [1.54, 1.807) is 38.1 Å². The Kier molecular flexibility index (Phi) is 5.39. The Bertz CT molecular complexity index is 668. The molecule has 0 bridgehead atoms.